The quantitative estimate of drug-likeness (QED) is 0.745. The number of aromatic nitrogens is 2. The normalized spacial score (nSPS) is 17.0. The molecule has 0 aliphatic carbocycles. The van der Waals surface area contributed by atoms with Crippen molar-refractivity contribution in [1.29, 1.82) is 0 Å². The number of amides is 2. The summed E-state index contributed by atoms with van der Waals surface area (Å²) in [5, 5.41) is 8.85. The van der Waals surface area contributed by atoms with E-state index in [0.29, 0.717) is 0 Å². The number of piperidine rings is 1. The molecule has 0 aromatic carbocycles. The van der Waals surface area contributed by atoms with Crippen LogP contribution >= 0.6 is 24.8 Å². The maximum atomic E-state index is 12.4. The fourth-order valence-electron chi connectivity index (χ4n) is 2.12. The number of carbonyl (C=O) groups is 2. The van der Waals surface area contributed by atoms with E-state index in [1.165, 1.54) is 12.4 Å². The van der Waals surface area contributed by atoms with E-state index >= 15 is 0 Å². The number of carbonyl (C=O) groups excluding carboxylic acids is 2. The fraction of sp³-hybridized carbons (Fsp3) is 0.600. The van der Waals surface area contributed by atoms with E-state index in [0.717, 1.165) is 25.9 Å². The zero-order valence-electron chi connectivity index (χ0n) is 14.1. The largest absolute Gasteiger partial charge is 0.347 e. The van der Waals surface area contributed by atoms with Crippen LogP contribution in [0.15, 0.2) is 12.4 Å². The van der Waals surface area contributed by atoms with Crippen LogP contribution in [0.2, 0.25) is 0 Å². The summed E-state index contributed by atoms with van der Waals surface area (Å²) in [6.07, 6.45) is 4.86. The molecular weight excluding hydrogens is 353 g/mol. The third-order valence-electron chi connectivity index (χ3n) is 3.46. The van der Waals surface area contributed by atoms with E-state index in [-0.39, 0.29) is 54.2 Å². The summed E-state index contributed by atoms with van der Waals surface area (Å²) in [5.74, 6) is -0.323. The van der Waals surface area contributed by atoms with Gasteiger partial charge in [-0.05, 0) is 19.4 Å². The molecule has 1 fully saturated rings. The molecule has 2 heterocycles. The highest BCUT2D eigenvalue weighted by molar-refractivity contribution is 6.02. The van der Waals surface area contributed by atoms with E-state index in [1.54, 1.807) is 20.8 Å². The Morgan fingerprint density at radius 1 is 1.21 bits per heavy atom. The second-order valence-electron chi connectivity index (χ2n) is 6.47. The average Bonchev–Trinajstić information content (AvgIpc) is 2.47. The van der Waals surface area contributed by atoms with Crippen molar-refractivity contribution in [2.45, 2.75) is 39.7 Å². The van der Waals surface area contributed by atoms with E-state index in [4.69, 9.17) is 0 Å². The Morgan fingerprint density at radius 3 is 2.46 bits per heavy atom. The van der Waals surface area contributed by atoms with Gasteiger partial charge in [-0.3, -0.25) is 9.59 Å². The van der Waals surface area contributed by atoms with Crippen molar-refractivity contribution in [3.63, 3.8) is 0 Å². The van der Waals surface area contributed by atoms with Crippen LogP contribution < -0.4 is 16.0 Å². The molecule has 0 radical (unpaired) electrons. The molecule has 2 amide bonds. The van der Waals surface area contributed by atoms with Crippen LogP contribution in [0.1, 0.15) is 44.1 Å². The second kappa shape index (κ2) is 9.76. The molecule has 136 valence electrons. The molecule has 1 aliphatic heterocycles. The molecule has 7 nitrogen and oxygen atoms in total. The maximum Gasteiger partial charge on any atom is 0.274 e. The zero-order chi connectivity index (χ0) is 16.2. The van der Waals surface area contributed by atoms with Gasteiger partial charge in [0.2, 0.25) is 5.91 Å². The lowest BCUT2D eigenvalue weighted by molar-refractivity contribution is -0.123. The number of hydrogen-bond donors (Lipinski definition) is 3. The van der Waals surface area contributed by atoms with Crippen molar-refractivity contribution < 1.29 is 9.59 Å². The minimum absolute atomic E-state index is 0. The lowest BCUT2D eigenvalue weighted by atomic mass is 9.96. The highest BCUT2D eigenvalue weighted by atomic mass is 35.5. The average molecular weight is 378 g/mol. The number of nitrogens with one attached hydrogen (secondary N) is 3. The minimum atomic E-state index is -0.571. The predicted molar refractivity (Wildman–Crippen MR) is 98.0 cm³/mol. The second-order valence-corrected chi connectivity index (χ2v) is 6.47. The van der Waals surface area contributed by atoms with Crippen LogP contribution in [0.4, 0.5) is 5.82 Å². The molecule has 2 rings (SSSR count). The van der Waals surface area contributed by atoms with Gasteiger partial charge in [0, 0.05) is 30.4 Å². The van der Waals surface area contributed by atoms with Crippen LogP contribution in [0, 0.1) is 5.41 Å². The fourth-order valence-corrected chi connectivity index (χ4v) is 2.12. The topological polar surface area (TPSA) is 96.0 Å². The third kappa shape index (κ3) is 6.22. The Bertz CT molecular complexity index is 557. The third-order valence-corrected chi connectivity index (χ3v) is 3.46. The summed E-state index contributed by atoms with van der Waals surface area (Å²) in [6.45, 7) is 7.12. The van der Waals surface area contributed by atoms with Crippen molar-refractivity contribution >= 4 is 42.4 Å². The minimum Gasteiger partial charge on any atom is -0.347 e. The first-order chi connectivity index (χ1) is 10.4. The van der Waals surface area contributed by atoms with Crippen LogP contribution in [0.25, 0.3) is 0 Å². The van der Waals surface area contributed by atoms with Crippen LogP contribution in [0.3, 0.4) is 0 Å². The first-order valence-corrected chi connectivity index (χ1v) is 7.52. The molecule has 1 aromatic rings. The molecule has 1 aromatic heterocycles. The van der Waals surface area contributed by atoms with Gasteiger partial charge < -0.3 is 16.0 Å². The van der Waals surface area contributed by atoms with Gasteiger partial charge in [-0.1, -0.05) is 20.8 Å². The number of rotatable bonds is 3. The first kappa shape index (κ1) is 22.6. The standard InChI is InChI=1S/C15H23N5O2.2ClH/c1-15(2,3)14(22)20-12-11(17-7-8-18-12)13(21)19-10-5-4-6-16-9-10;;/h7-8,10,16H,4-6,9H2,1-3H3,(H,19,21)(H,18,20,22);2*1H/t10-;;/m0../s1. The number of hydrogen-bond acceptors (Lipinski definition) is 5. The lowest BCUT2D eigenvalue weighted by Gasteiger charge is -2.24. The Hall–Kier alpha value is -1.44. The van der Waals surface area contributed by atoms with Crippen LogP contribution in [-0.4, -0.2) is 40.9 Å². The van der Waals surface area contributed by atoms with Crippen molar-refractivity contribution in [2.24, 2.45) is 5.41 Å². The molecule has 0 saturated carbocycles. The van der Waals surface area contributed by atoms with Gasteiger partial charge in [0.1, 0.15) is 0 Å². The molecule has 0 bridgehead atoms. The summed E-state index contributed by atoms with van der Waals surface area (Å²) in [6, 6.07) is 0.0782. The van der Waals surface area contributed by atoms with Crippen LogP contribution in [-0.2, 0) is 4.79 Å². The molecule has 0 spiro atoms. The van der Waals surface area contributed by atoms with Gasteiger partial charge in [-0.2, -0.15) is 0 Å². The number of nitrogens with zero attached hydrogens (tertiary/aromatic N) is 2. The SMILES string of the molecule is CC(C)(C)C(=O)Nc1nccnc1C(=O)N[C@H]1CCCNC1.Cl.Cl. The van der Waals surface area contributed by atoms with Gasteiger partial charge in [0.15, 0.2) is 11.5 Å². The Labute approximate surface area is 154 Å². The molecule has 1 atom stereocenters. The Kier molecular flexibility index (Phi) is 9.17. The van der Waals surface area contributed by atoms with E-state index in [1.807, 2.05) is 0 Å². The highest BCUT2D eigenvalue weighted by Gasteiger charge is 2.25. The molecule has 0 unspecified atom stereocenters. The number of halogens is 2. The van der Waals surface area contributed by atoms with E-state index in [9.17, 15) is 9.59 Å². The van der Waals surface area contributed by atoms with Crippen molar-refractivity contribution in [3.8, 4) is 0 Å². The Balaban J connectivity index is 0.00000264. The predicted octanol–water partition coefficient (Wildman–Crippen LogP) is 1.79. The van der Waals surface area contributed by atoms with Gasteiger partial charge in [0.25, 0.3) is 5.91 Å². The molecule has 1 aliphatic rings. The van der Waals surface area contributed by atoms with Gasteiger partial charge in [-0.15, -0.1) is 24.8 Å². The summed E-state index contributed by atoms with van der Waals surface area (Å²) in [4.78, 5) is 32.6. The van der Waals surface area contributed by atoms with E-state index < -0.39 is 5.41 Å². The molecule has 9 heteroatoms. The van der Waals surface area contributed by atoms with Gasteiger partial charge in [-0.25, -0.2) is 9.97 Å². The monoisotopic (exact) mass is 377 g/mol. The summed E-state index contributed by atoms with van der Waals surface area (Å²) < 4.78 is 0. The van der Waals surface area contributed by atoms with Gasteiger partial charge >= 0.3 is 0 Å². The summed E-state index contributed by atoms with van der Waals surface area (Å²) in [7, 11) is 0. The summed E-state index contributed by atoms with van der Waals surface area (Å²) in [5.41, 5.74) is -0.427. The highest BCUT2D eigenvalue weighted by Crippen LogP contribution is 2.17. The van der Waals surface area contributed by atoms with Crippen LogP contribution in [0.5, 0.6) is 0 Å². The molecule has 24 heavy (non-hydrogen) atoms. The number of anilines is 1. The van der Waals surface area contributed by atoms with E-state index in [2.05, 4.69) is 25.9 Å². The lowest BCUT2D eigenvalue weighted by Crippen LogP contribution is -2.46. The van der Waals surface area contributed by atoms with Crippen molar-refractivity contribution in [2.75, 3.05) is 18.4 Å². The zero-order valence-corrected chi connectivity index (χ0v) is 15.7. The van der Waals surface area contributed by atoms with Gasteiger partial charge in [0.05, 0.1) is 0 Å². The molecule has 3 N–H and O–H groups in total. The molecular formula is C15H25Cl2N5O2. The smallest absolute Gasteiger partial charge is 0.274 e. The summed E-state index contributed by atoms with van der Waals surface area (Å²) >= 11 is 0. The molecule has 1 saturated heterocycles. The van der Waals surface area contributed by atoms with Crippen molar-refractivity contribution in [1.82, 2.24) is 20.6 Å². The Morgan fingerprint density at radius 2 is 1.88 bits per heavy atom. The first-order valence-electron chi connectivity index (χ1n) is 7.52. The van der Waals surface area contributed by atoms with Crippen molar-refractivity contribution in [3.05, 3.63) is 18.1 Å². The maximum absolute atomic E-state index is 12.4.